The Morgan fingerprint density at radius 2 is 2.17 bits per heavy atom. The van der Waals surface area contributed by atoms with Gasteiger partial charge in [-0.3, -0.25) is 0 Å². The molecule has 2 rings (SSSR count). The first-order valence-corrected chi connectivity index (χ1v) is 6.42. The molecule has 0 saturated carbocycles. The van der Waals surface area contributed by atoms with E-state index in [0.29, 0.717) is 0 Å². The van der Waals surface area contributed by atoms with Crippen LogP contribution in [0.15, 0.2) is 40.8 Å². The Balaban J connectivity index is 2.25. The number of nitrogens with one attached hydrogen (secondary N) is 1. The van der Waals surface area contributed by atoms with Crippen molar-refractivity contribution in [3.63, 3.8) is 0 Å². The third kappa shape index (κ3) is 2.82. The number of benzene rings is 1. The summed E-state index contributed by atoms with van der Waals surface area (Å²) in [5.74, 6) is 1.01. The second kappa shape index (κ2) is 5.40. The molecular weight excluding hydrogens is 222 g/mol. The van der Waals surface area contributed by atoms with Gasteiger partial charge in [-0.05, 0) is 51.9 Å². The maximum Gasteiger partial charge on any atom is 0.134 e. The van der Waals surface area contributed by atoms with E-state index in [1.165, 1.54) is 16.5 Å². The van der Waals surface area contributed by atoms with Crippen LogP contribution in [0, 0.1) is 6.92 Å². The Morgan fingerprint density at radius 3 is 2.83 bits per heavy atom. The van der Waals surface area contributed by atoms with Crippen LogP contribution in [0.5, 0.6) is 0 Å². The first kappa shape index (κ1) is 12.9. The van der Waals surface area contributed by atoms with Crippen molar-refractivity contribution < 1.29 is 4.42 Å². The average Bonchev–Trinajstić information content (AvgIpc) is 2.72. The van der Waals surface area contributed by atoms with Gasteiger partial charge in [-0.25, -0.2) is 0 Å². The van der Waals surface area contributed by atoms with Crippen molar-refractivity contribution in [3.05, 3.63) is 47.7 Å². The third-order valence-corrected chi connectivity index (χ3v) is 3.24. The van der Waals surface area contributed by atoms with Crippen LogP contribution in [0.2, 0.25) is 0 Å². The van der Waals surface area contributed by atoms with Crippen molar-refractivity contribution in [2.24, 2.45) is 0 Å². The van der Waals surface area contributed by atoms with Crippen LogP contribution >= 0.6 is 0 Å². The third-order valence-electron chi connectivity index (χ3n) is 3.24. The van der Waals surface area contributed by atoms with Gasteiger partial charge in [-0.1, -0.05) is 17.2 Å². The lowest BCUT2D eigenvalue weighted by molar-refractivity contribution is 0.433. The SMILES string of the molecule is C=C(C)CCC(NC)c1cc2cc(C)ccc2o1. The fraction of sp³-hybridized carbons (Fsp3) is 0.375. The predicted molar refractivity (Wildman–Crippen MR) is 76.8 cm³/mol. The normalized spacial score (nSPS) is 12.8. The zero-order valence-corrected chi connectivity index (χ0v) is 11.4. The molecule has 0 radical (unpaired) electrons. The highest BCUT2D eigenvalue weighted by molar-refractivity contribution is 5.78. The Morgan fingerprint density at radius 1 is 1.39 bits per heavy atom. The highest BCUT2D eigenvalue weighted by Gasteiger charge is 2.14. The second-order valence-electron chi connectivity index (χ2n) is 5.03. The number of rotatable bonds is 5. The van der Waals surface area contributed by atoms with Gasteiger partial charge in [0.15, 0.2) is 0 Å². The topological polar surface area (TPSA) is 25.2 Å². The Labute approximate surface area is 109 Å². The molecule has 1 N–H and O–H groups in total. The summed E-state index contributed by atoms with van der Waals surface area (Å²) in [5.41, 5.74) is 3.44. The Kier molecular flexibility index (Phi) is 3.87. The van der Waals surface area contributed by atoms with Gasteiger partial charge in [0.05, 0.1) is 6.04 Å². The molecule has 96 valence electrons. The highest BCUT2D eigenvalue weighted by Crippen LogP contribution is 2.27. The first-order valence-electron chi connectivity index (χ1n) is 6.42. The van der Waals surface area contributed by atoms with E-state index < -0.39 is 0 Å². The lowest BCUT2D eigenvalue weighted by Gasteiger charge is -2.12. The molecule has 2 aromatic rings. The molecule has 0 fully saturated rings. The van der Waals surface area contributed by atoms with Crippen LogP contribution in [0.25, 0.3) is 11.0 Å². The fourth-order valence-corrected chi connectivity index (χ4v) is 2.17. The molecule has 1 aromatic heterocycles. The maximum absolute atomic E-state index is 5.92. The van der Waals surface area contributed by atoms with Crippen LogP contribution in [-0.2, 0) is 0 Å². The van der Waals surface area contributed by atoms with E-state index in [0.717, 1.165) is 24.2 Å². The quantitative estimate of drug-likeness (QED) is 0.789. The molecule has 2 heteroatoms. The number of furan rings is 1. The van der Waals surface area contributed by atoms with Crippen LogP contribution in [0.4, 0.5) is 0 Å². The van der Waals surface area contributed by atoms with Gasteiger partial charge < -0.3 is 9.73 Å². The molecule has 0 bridgehead atoms. The van der Waals surface area contributed by atoms with Crippen LogP contribution < -0.4 is 5.32 Å². The lowest BCUT2D eigenvalue weighted by atomic mass is 10.1. The molecule has 2 nitrogen and oxygen atoms in total. The second-order valence-corrected chi connectivity index (χ2v) is 5.03. The van der Waals surface area contributed by atoms with E-state index in [-0.39, 0.29) is 6.04 Å². The minimum atomic E-state index is 0.259. The van der Waals surface area contributed by atoms with Gasteiger partial charge in [0.25, 0.3) is 0 Å². The summed E-state index contributed by atoms with van der Waals surface area (Å²) in [5, 5.41) is 4.50. The lowest BCUT2D eigenvalue weighted by Crippen LogP contribution is -2.15. The zero-order chi connectivity index (χ0) is 13.1. The average molecular weight is 243 g/mol. The van der Waals surface area contributed by atoms with Crippen LogP contribution in [0.1, 0.15) is 37.1 Å². The predicted octanol–water partition coefficient (Wildman–Crippen LogP) is 4.36. The Hall–Kier alpha value is -1.54. The summed E-state index contributed by atoms with van der Waals surface area (Å²) in [7, 11) is 1.97. The van der Waals surface area contributed by atoms with Crippen molar-refractivity contribution in [2.45, 2.75) is 32.7 Å². The number of hydrogen-bond acceptors (Lipinski definition) is 2. The number of fused-ring (bicyclic) bond motifs is 1. The molecule has 0 saturated heterocycles. The minimum absolute atomic E-state index is 0.259. The van der Waals surface area contributed by atoms with Crippen molar-refractivity contribution in [3.8, 4) is 0 Å². The molecule has 0 aliphatic heterocycles. The maximum atomic E-state index is 5.92. The van der Waals surface area contributed by atoms with Crippen molar-refractivity contribution in [1.29, 1.82) is 0 Å². The highest BCUT2D eigenvalue weighted by atomic mass is 16.3. The zero-order valence-electron chi connectivity index (χ0n) is 11.4. The molecule has 0 aliphatic carbocycles. The monoisotopic (exact) mass is 243 g/mol. The van der Waals surface area contributed by atoms with Crippen molar-refractivity contribution in [2.75, 3.05) is 7.05 Å². The molecule has 0 aliphatic rings. The van der Waals surface area contributed by atoms with Crippen LogP contribution in [0.3, 0.4) is 0 Å². The molecule has 1 atom stereocenters. The summed E-state index contributed by atoms with van der Waals surface area (Å²) in [6.45, 7) is 8.12. The van der Waals surface area contributed by atoms with Crippen molar-refractivity contribution >= 4 is 11.0 Å². The van der Waals surface area contributed by atoms with Crippen molar-refractivity contribution in [1.82, 2.24) is 5.32 Å². The van der Waals surface area contributed by atoms with E-state index in [2.05, 4.69) is 43.9 Å². The molecule has 1 unspecified atom stereocenters. The molecule has 1 aromatic carbocycles. The smallest absolute Gasteiger partial charge is 0.134 e. The number of hydrogen-bond donors (Lipinski definition) is 1. The van der Waals surface area contributed by atoms with E-state index in [1.54, 1.807) is 0 Å². The van der Waals surface area contributed by atoms with E-state index in [1.807, 2.05) is 13.1 Å². The van der Waals surface area contributed by atoms with E-state index >= 15 is 0 Å². The van der Waals surface area contributed by atoms with Gasteiger partial charge in [-0.15, -0.1) is 6.58 Å². The first-order chi connectivity index (χ1) is 8.60. The summed E-state index contributed by atoms with van der Waals surface area (Å²) < 4.78 is 5.92. The van der Waals surface area contributed by atoms with Gasteiger partial charge in [0.1, 0.15) is 11.3 Å². The Bertz CT molecular complexity index is 553. The largest absolute Gasteiger partial charge is 0.459 e. The van der Waals surface area contributed by atoms with Gasteiger partial charge in [-0.2, -0.15) is 0 Å². The van der Waals surface area contributed by atoms with Gasteiger partial charge in [0.2, 0.25) is 0 Å². The fourth-order valence-electron chi connectivity index (χ4n) is 2.17. The molecule has 0 spiro atoms. The molecule has 18 heavy (non-hydrogen) atoms. The number of aryl methyl sites for hydroxylation is 1. The van der Waals surface area contributed by atoms with Gasteiger partial charge >= 0.3 is 0 Å². The molecule has 1 heterocycles. The molecule has 0 amide bonds. The standard InChI is InChI=1S/C16H21NO/c1-11(2)5-7-14(17-4)16-10-13-9-12(3)6-8-15(13)18-16/h6,8-10,14,17H,1,5,7H2,2-4H3. The molecular formula is C16H21NO. The summed E-state index contributed by atoms with van der Waals surface area (Å²) in [6.07, 6.45) is 2.03. The van der Waals surface area contributed by atoms with Gasteiger partial charge in [0, 0.05) is 5.39 Å². The summed E-state index contributed by atoms with van der Waals surface area (Å²) in [6, 6.07) is 8.68. The number of allylic oxidation sites excluding steroid dienone is 1. The summed E-state index contributed by atoms with van der Waals surface area (Å²) >= 11 is 0. The van der Waals surface area contributed by atoms with Crippen LogP contribution in [-0.4, -0.2) is 7.05 Å². The minimum Gasteiger partial charge on any atom is -0.459 e. The van der Waals surface area contributed by atoms with E-state index in [4.69, 9.17) is 4.42 Å². The van der Waals surface area contributed by atoms with E-state index in [9.17, 15) is 0 Å². The summed E-state index contributed by atoms with van der Waals surface area (Å²) in [4.78, 5) is 0.